The van der Waals surface area contributed by atoms with Crippen LogP contribution < -0.4 is 10.2 Å². The summed E-state index contributed by atoms with van der Waals surface area (Å²) in [6.45, 7) is 1.64. The average molecular weight is 359 g/mol. The molecule has 1 N–H and O–H groups in total. The fourth-order valence-corrected chi connectivity index (χ4v) is 2.55. The molecule has 5 nitrogen and oxygen atoms in total. The van der Waals surface area contributed by atoms with Crippen molar-refractivity contribution in [3.05, 3.63) is 64.7 Å². The van der Waals surface area contributed by atoms with Crippen LogP contribution in [0.25, 0.3) is 0 Å². The molecule has 0 spiro atoms. The van der Waals surface area contributed by atoms with Crippen molar-refractivity contribution in [2.45, 2.75) is 13.3 Å². The molecule has 2 aromatic carbocycles. The van der Waals surface area contributed by atoms with Crippen LogP contribution in [0.2, 0.25) is 5.02 Å². The van der Waals surface area contributed by atoms with Gasteiger partial charge in [-0.05, 0) is 18.2 Å². The predicted molar refractivity (Wildman–Crippen MR) is 98.0 cm³/mol. The van der Waals surface area contributed by atoms with E-state index in [1.807, 2.05) is 6.07 Å². The molecule has 6 heteroatoms. The van der Waals surface area contributed by atoms with E-state index in [0.29, 0.717) is 21.8 Å². The van der Waals surface area contributed by atoms with Gasteiger partial charge in [-0.3, -0.25) is 14.4 Å². The number of ketones is 1. The number of nitrogens with one attached hydrogen (secondary N) is 1. The summed E-state index contributed by atoms with van der Waals surface area (Å²) in [5, 5.41) is 3.00. The van der Waals surface area contributed by atoms with Gasteiger partial charge < -0.3 is 10.2 Å². The molecule has 0 aliphatic rings. The number of hydrogen-bond acceptors (Lipinski definition) is 3. The number of carbonyl (C=O) groups is 3. The zero-order valence-electron chi connectivity index (χ0n) is 14.1. The number of anilines is 1. The summed E-state index contributed by atoms with van der Waals surface area (Å²) in [7, 11) is 1.60. The number of nitrogens with zero attached hydrogens (tertiary/aromatic N) is 1. The highest BCUT2D eigenvalue weighted by molar-refractivity contribution is 6.31. The van der Waals surface area contributed by atoms with E-state index in [1.165, 1.54) is 11.8 Å². The van der Waals surface area contributed by atoms with Gasteiger partial charge in [0.15, 0.2) is 5.78 Å². The van der Waals surface area contributed by atoms with Crippen LogP contribution in [0.4, 0.5) is 5.69 Å². The summed E-state index contributed by atoms with van der Waals surface area (Å²) < 4.78 is 0. The first-order valence-corrected chi connectivity index (χ1v) is 8.18. The Hall–Kier alpha value is -2.66. The summed E-state index contributed by atoms with van der Waals surface area (Å²) in [5.41, 5.74) is 1.35. The Balaban J connectivity index is 2.27. The van der Waals surface area contributed by atoms with Gasteiger partial charge in [-0.15, -0.1) is 0 Å². The normalized spacial score (nSPS) is 10.2. The van der Waals surface area contributed by atoms with Gasteiger partial charge in [0, 0.05) is 43.1 Å². The molecule has 2 aromatic rings. The third-order valence-electron chi connectivity index (χ3n) is 3.69. The molecule has 2 amide bonds. The van der Waals surface area contributed by atoms with Crippen molar-refractivity contribution in [3.8, 4) is 0 Å². The highest BCUT2D eigenvalue weighted by Gasteiger charge is 2.20. The molecule has 0 fully saturated rings. The molecule has 0 bridgehead atoms. The first kappa shape index (κ1) is 18.7. The van der Waals surface area contributed by atoms with Crippen molar-refractivity contribution in [2.24, 2.45) is 0 Å². The molecule has 25 heavy (non-hydrogen) atoms. The summed E-state index contributed by atoms with van der Waals surface area (Å²) in [5.74, 6) is -0.611. The Kier molecular flexibility index (Phi) is 6.31. The highest BCUT2D eigenvalue weighted by atomic mass is 35.5. The van der Waals surface area contributed by atoms with Gasteiger partial charge in [-0.25, -0.2) is 0 Å². The van der Waals surface area contributed by atoms with Crippen LogP contribution in [0.5, 0.6) is 0 Å². The zero-order chi connectivity index (χ0) is 18.4. The van der Waals surface area contributed by atoms with Gasteiger partial charge in [-0.2, -0.15) is 0 Å². The van der Waals surface area contributed by atoms with E-state index in [1.54, 1.807) is 49.5 Å². The largest absolute Gasteiger partial charge is 0.356 e. The Morgan fingerprint density at radius 3 is 2.40 bits per heavy atom. The van der Waals surface area contributed by atoms with E-state index >= 15 is 0 Å². The number of hydrogen-bond donors (Lipinski definition) is 1. The van der Waals surface area contributed by atoms with Crippen molar-refractivity contribution in [3.63, 3.8) is 0 Å². The average Bonchev–Trinajstić information content (AvgIpc) is 2.60. The van der Waals surface area contributed by atoms with E-state index in [-0.39, 0.29) is 30.6 Å². The number of benzene rings is 2. The van der Waals surface area contributed by atoms with E-state index in [2.05, 4.69) is 5.32 Å². The van der Waals surface area contributed by atoms with Crippen molar-refractivity contribution in [1.29, 1.82) is 0 Å². The maximum absolute atomic E-state index is 12.8. The summed E-state index contributed by atoms with van der Waals surface area (Å²) in [6, 6.07) is 13.7. The van der Waals surface area contributed by atoms with Gasteiger partial charge >= 0.3 is 0 Å². The molecular weight excluding hydrogens is 340 g/mol. The summed E-state index contributed by atoms with van der Waals surface area (Å²) in [6.07, 6.45) is 0.137. The zero-order valence-corrected chi connectivity index (χ0v) is 14.8. The summed E-state index contributed by atoms with van der Waals surface area (Å²) >= 11 is 6.05. The minimum Gasteiger partial charge on any atom is -0.356 e. The van der Waals surface area contributed by atoms with Gasteiger partial charge in [0.25, 0.3) is 0 Å². The lowest BCUT2D eigenvalue weighted by Gasteiger charge is -2.21. The van der Waals surface area contributed by atoms with Crippen molar-refractivity contribution < 1.29 is 14.4 Å². The van der Waals surface area contributed by atoms with Gasteiger partial charge in [-0.1, -0.05) is 41.9 Å². The minimum absolute atomic E-state index is 0.137. The van der Waals surface area contributed by atoms with Crippen LogP contribution in [-0.4, -0.2) is 31.2 Å². The molecule has 0 unspecified atom stereocenters. The van der Waals surface area contributed by atoms with Crippen LogP contribution in [0.3, 0.4) is 0 Å². The molecule has 0 aliphatic carbocycles. The quantitative estimate of drug-likeness (QED) is 0.807. The Labute approximate surface area is 151 Å². The molecule has 0 aromatic heterocycles. The monoisotopic (exact) mass is 358 g/mol. The Morgan fingerprint density at radius 1 is 1.08 bits per heavy atom. The van der Waals surface area contributed by atoms with E-state index in [9.17, 15) is 14.4 Å². The molecule has 0 atom stereocenters. The molecule has 0 saturated carbocycles. The van der Waals surface area contributed by atoms with E-state index < -0.39 is 0 Å². The Morgan fingerprint density at radius 2 is 1.76 bits per heavy atom. The second kappa shape index (κ2) is 8.44. The lowest BCUT2D eigenvalue weighted by Crippen LogP contribution is -2.32. The van der Waals surface area contributed by atoms with Gasteiger partial charge in [0.1, 0.15) is 0 Å². The number of halogens is 1. The first-order chi connectivity index (χ1) is 11.9. The lowest BCUT2D eigenvalue weighted by molar-refractivity contribution is -0.119. The standard InChI is InChI=1S/C19H19ClN2O3/c1-13(23)21-11-10-18(24)22(2)17-9-8-15(20)12-16(17)19(25)14-6-4-3-5-7-14/h3-9,12H,10-11H2,1-2H3,(H,21,23). The molecule has 0 heterocycles. The number of carbonyl (C=O) groups excluding carboxylic acids is 3. The van der Waals surface area contributed by atoms with Crippen molar-refractivity contribution in [1.82, 2.24) is 5.32 Å². The topological polar surface area (TPSA) is 66.5 Å². The van der Waals surface area contributed by atoms with Crippen LogP contribution in [0.15, 0.2) is 48.5 Å². The van der Waals surface area contributed by atoms with Crippen LogP contribution >= 0.6 is 11.6 Å². The molecule has 130 valence electrons. The number of amides is 2. The van der Waals surface area contributed by atoms with Crippen LogP contribution in [0.1, 0.15) is 29.3 Å². The second-order valence-electron chi connectivity index (χ2n) is 5.54. The van der Waals surface area contributed by atoms with E-state index in [4.69, 9.17) is 11.6 Å². The maximum Gasteiger partial charge on any atom is 0.228 e. The fraction of sp³-hybridized carbons (Fsp3) is 0.211. The lowest BCUT2D eigenvalue weighted by atomic mass is 10.0. The van der Waals surface area contributed by atoms with Gasteiger partial charge in [0.2, 0.25) is 11.8 Å². The predicted octanol–water partition coefficient (Wildman–Crippen LogP) is 3.06. The Bertz CT molecular complexity index is 791. The van der Waals surface area contributed by atoms with Crippen LogP contribution in [0, 0.1) is 0 Å². The molecule has 2 rings (SSSR count). The minimum atomic E-state index is -0.210. The molecule has 0 radical (unpaired) electrons. The van der Waals surface area contributed by atoms with Crippen molar-refractivity contribution in [2.75, 3.05) is 18.5 Å². The maximum atomic E-state index is 12.8. The molecule has 0 saturated heterocycles. The fourth-order valence-electron chi connectivity index (χ4n) is 2.38. The smallest absolute Gasteiger partial charge is 0.228 e. The molecular formula is C19H19ClN2O3. The number of rotatable bonds is 6. The first-order valence-electron chi connectivity index (χ1n) is 7.80. The SMILES string of the molecule is CC(=O)NCCC(=O)N(C)c1ccc(Cl)cc1C(=O)c1ccccc1. The van der Waals surface area contributed by atoms with E-state index in [0.717, 1.165) is 0 Å². The third kappa shape index (κ3) is 4.90. The highest BCUT2D eigenvalue weighted by Crippen LogP contribution is 2.26. The van der Waals surface area contributed by atoms with Crippen LogP contribution in [-0.2, 0) is 9.59 Å². The third-order valence-corrected chi connectivity index (χ3v) is 3.92. The molecule has 0 aliphatic heterocycles. The van der Waals surface area contributed by atoms with Crippen molar-refractivity contribution >= 4 is 34.9 Å². The van der Waals surface area contributed by atoms with Gasteiger partial charge in [0.05, 0.1) is 5.69 Å². The summed E-state index contributed by atoms with van der Waals surface area (Å²) in [4.78, 5) is 37.5. The second-order valence-corrected chi connectivity index (χ2v) is 5.98.